The first-order valence-electron chi connectivity index (χ1n) is 6.05. The lowest BCUT2D eigenvalue weighted by atomic mass is 10.2. The van der Waals surface area contributed by atoms with Crippen molar-refractivity contribution < 1.29 is 0 Å². The van der Waals surface area contributed by atoms with Gasteiger partial charge in [-0.3, -0.25) is 9.36 Å². The summed E-state index contributed by atoms with van der Waals surface area (Å²) in [5.41, 5.74) is 1.26. The molecule has 2 aromatic carbocycles. The Balaban J connectivity index is 2.17. The largest absolute Gasteiger partial charge is 0.278 e. The fourth-order valence-corrected chi connectivity index (χ4v) is 2.50. The van der Waals surface area contributed by atoms with E-state index >= 15 is 0 Å². The van der Waals surface area contributed by atoms with Crippen LogP contribution in [-0.2, 0) is 6.54 Å². The van der Waals surface area contributed by atoms with Crippen molar-refractivity contribution in [3.8, 4) is 0 Å². The third kappa shape index (κ3) is 2.30. The Morgan fingerprint density at radius 2 is 1.70 bits per heavy atom. The van der Waals surface area contributed by atoms with Crippen LogP contribution in [0.3, 0.4) is 0 Å². The SMILES string of the molecule is O=c1c2ccccc2nc(Cl)n1Cc1ccccc1Cl. The zero-order chi connectivity index (χ0) is 14.1. The van der Waals surface area contributed by atoms with E-state index < -0.39 is 0 Å². The van der Waals surface area contributed by atoms with Gasteiger partial charge in [-0.2, -0.15) is 0 Å². The number of para-hydroxylation sites is 1. The molecule has 5 heteroatoms. The standard InChI is InChI=1S/C15H10Cl2N2O/c16-12-7-3-1-5-10(12)9-19-14(20)11-6-2-4-8-13(11)18-15(19)17/h1-8H,9H2. The van der Waals surface area contributed by atoms with Crippen molar-refractivity contribution in [1.29, 1.82) is 0 Å². The molecule has 0 fully saturated rings. The molecule has 1 heterocycles. The molecular formula is C15H10Cl2N2O. The Labute approximate surface area is 125 Å². The van der Waals surface area contributed by atoms with Crippen LogP contribution < -0.4 is 5.56 Å². The Morgan fingerprint density at radius 1 is 1.00 bits per heavy atom. The van der Waals surface area contributed by atoms with E-state index in [2.05, 4.69) is 4.98 Å². The normalized spacial score (nSPS) is 10.9. The van der Waals surface area contributed by atoms with E-state index in [1.54, 1.807) is 24.3 Å². The third-order valence-corrected chi connectivity index (χ3v) is 3.76. The van der Waals surface area contributed by atoms with Gasteiger partial charge in [-0.05, 0) is 35.4 Å². The second-order valence-electron chi connectivity index (χ2n) is 4.38. The highest BCUT2D eigenvalue weighted by Crippen LogP contribution is 2.18. The fourth-order valence-electron chi connectivity index (χ4n) is 2.07. The van der Waals surface area contributed by atoms with Gasteiger partial charge in [0.2, 0.25) is 5.28 Å². The van der Waals surface area contributed by atoms with Gasteiger partial charge in [0.1, 0.15) is 0 Å². The molecule has 0 radical (unpaired) electrons. The molecule has 0 aliphatic rings. The van der Waals surface area contributed by atoms with E-state index in [1.807, 2.05) is 24.3 Å². The van der Waals surface area contributed by atoms with Crippen molar-refractivity contribution in [1.82, 2.24) is 9.55 Å². The molecule has 3 rings (SSSR count). The highest BCUT2D eigenvalue weighted by molar-refractivity contribution is 6.31. The maximum absolute atomic E-state index is 12.5. The molecule has 0 N–H and O–H groups in total. The van der Waals surface area contributed by atoms with Crippen molar-refractivity contribution >= 4 is 34.1 Å². The molecule has 0 bridgehead atoms. The lowest BCUT2D eigenvalue weighted by Crippen LogP contribution is -2.22. The molecule has 0 atom stereocenters. The summed E-state index contributed by atoms with van der Waals surface area (Å²) in [5.74, 6) is 0. The second-order valence-corrected chi connectivity index (χ2v) is 5.13. The van der Waals surface area contributed by atoms with Crippen LogP contribution in [0.25, 0.3) is 10.9 Å². The molecule has 0 spiro atoms. The Morgan fingerprint density at radius 3 is 2.50 bits per heavy atom. The Hall–Kier alpha value is -1.84. The summed E-state index contributed by atoms with van der Waals surface area (Å²) in [6.07, 6.45) is 0. The van der Waals surface area contributed by atoms with Crippen LogP contribution in [0, 0.1) is 0 Å². The van der Waals surface area contributed by atoms with Crippen LogP contribution in [0.4, 0.5) is 0 Å². The maximum atomic E-state index is 12.5. The lowest BCUT2D eigenvalue weighted by Gasteiger charge is -2.10. The predicted octanol–water partition coefficient (Wildman–Crippen LogP) is 3.75. The molecule has 0 aliphatic carbocycles. The quantitative estimate of drug-likeness (QED) is 0.676. The molecule has 0 amide bonds. The molecule has 3 nitrogen and oxygen atoms in total. The first-order chi connectivity index (χ1) is 9.66. The first kappa shape index (κ1) is 13.2. The highest BCUT2D eigenvalue weighted by atomic mass is 35.5. The Bertz CT molecular complexity index is 843. The second kappa shape index (κ2) is 5.27. The predicted molar refractivity (Wildman–Crippen MR) is 81.6 cm³/mol. The number of benzene rings is 2. The zero-order valence-corrected chi connectivity index (χ0v) is 11.9. The van der Waals surface area contributed by atoms with Gasteiger partial charge in [0, 0.05) is 5.02 Å². The Kier molecular flexibility index (Phi) is 3.47. The number of nitrogens with zero attached hydrogens (tertiary/aromatic N) is 2. The summed E-state index contributed by atoms with van der Waals surface area (Å²) in [5, 5.41) is 1.31. The molecule has 3 aromatic rings. The van der Waals surface area contributed by atoms with Crippen LogP contribution in [0.1, 0.15) is 5.56 Å². The van der Waals surface area contributed by atoms with Gasteiger partial charge in [0.25, 0.3) is 5.56 Å². The monoisotopic (exact) mass is 304 g/mol. The number of fused-ring (bicyclic) bond motifs is 1. The summed E-state index contributed by atoms with van der Waals surface area (Å²) < 4.78 is 1.42. The third-order valence-electron chi connectivity index (χ3n) is 3.10. The van der Waals surface area contributed by atoms with E-state index in [-0.39, 0.29) is 10.8 Å². The van der Waals surface area contributed by atoms with Crippen molar-refractivity contribution in [3.05, 3.63) is 74.8 Å². The summed E-state index contributed by atoms with van der Waals surface area (Å²) in [4.78, 5) is 16.7. The van der Waals surface area contributed by atoms with E-state index in [4.69, 9.17) is 23.2 Å². The molecule has 20 heavy (non-hydrogen) atoms. The van der Waals surface area contributed by atoms with E-state index in [0.717, 1.165) is 5.56 Å². The van der Waals surface area contributed by atoms with Crippen molar-refractivity contribution in [3.63, 3.8) is 0 Å². The smallest absolute Gasteiger partial charge is 0.262 e. The summed E-state index contributed by atoms with van der Waals surface area (Å²) >= 11 is 12.2. The molecule has 0 aliphatic heterocycles. The van der Waals surface area contributed by atoms with Crippen molar-refractivity contribution in [2.45, 2.75) is 6.54 Å². The van der Waals surface area contributed by atoms with Crippen LogP contribution in [-0.4, -0.2) is 9.55 Å². The number of aromatic nitrogens is 2. The van der Waals surface area contributed by atoms with Gasteiger partial charge >= 0.3 is 0 Å². The van der Waals surface area contributed by atoms with Gasteiger partial charge in [0.15, 0.2) is 0 Å². The lowest BCUT2D eigenvalue weighted by molar-refractivity contribution is 0.750. The number of rotatable bonds is 2. The first-order valence-corrected chi connectivity index (χ1v) is 6.81. The van der Waals surface area contributed by atoms with Gasteiger partial charge in [0.05, 0.1) is 17.4 Å². The fraction of sp³-hybridized carbons (Fsp3) is 0.0667. The minimum absolute atomic E-state index is 0.161. The number of halogens is 2. The van der Waals surface area contributed by atoms with E-state index in [9.17, 15) is 4.79 Å². The van der Waals surface area contributed by atoms with Crippen LogP contribution in [0.15, 0.2) is 53.3 Å². The number of hydrogen-bond donors (Lipinski definition) is 0. The summed E-state index contributed by atoms with van der Waals surface area (Å²) in [7, 11) is 0. The van der Waals surface area contributed by atoms with Crippen molar-refractivity contribution in [2.24, 2.45) is 0 Å². The zero-order valence-electron chi connectivity index (χ0n) is 10.4. The van der Waals surface area contributed by atoms with Gasteiger partial charge < -0.3 is 0 Å². The molecule has 0 unspecified atom stereocenters. The summed E-state index contributed by atoms with van der Waals surface area (Å²) in [6, 6.07) is 14.5. The molecular weight excluding hydrogens is 295 g/mol. The number of hydrogen-bond acceptors (Lipinski definition) is 2. The van der Waals surface area contributed by atoms with Crippen LogP contribution in [0.2, 0.25) is 10.3 Å². The van der Waals surface area contributed by atoms with Gasteiger partial charge in [-0.15, -0.1) is 0 Å². The molecule has 100 valence electrons. The summed E-state index contributed by atoms with van der Waals surface area (Å²) in [6.45, 7) is 0.301. The highest BCUT2D eigenvalue weighted by Gasteiger charge is 2.10. The van der Waals surface area contributed by atoms with E-state index in [1.165, 1.54) is 4.57 Å². The average Bonchev–Trinajstić information content (AvgIpc) is 2.45. The average molecular weight is 305 g/mol. The molecule has 0 saturated heterocycles. The van der Waals surface area contributed by atoms with Crippen LogP contribution >= 0.6 is 23.2 Å². The van der Waals surface area contributed by atoms with Crippen LogP contribution in [0.5, 0.6) is 0 Å². The topological polar surface area (TPSA) is 34.9 Å². The van der Waals surface area contributed by atoms with Crippen molar-refractivity contribution in [2.75, 3.05) is 0 Å². The minimum atomic E-state index is -0.166. The minimum Gasteiger partial charge on any atom is -0.278 e. The molecule has 1 aromatic heterocycles. The van der Waals surface area contributed by atoms with E-state index in [0.29, 0.717) is 22.5 Å². The molecule has 0 saturated carbocycles. The maximum Gasteiger partial charge on any atom is 0.262 e. The van der Waals surface area contributed by atoms with Gasteiger partial charge in [-0.1, -0.05) is 41.9 Å². The van der Waals surface area contributed by atoms with Gasteiger partial charge in [-0.25, -0.2) is 4.98 Å².